The number of para-hydroxylation sites is 1. The second-order valence-electron chi connectivity index (χ2n) is 6.98. The first-order chi connectivity index (χ1) is 15.2. The highest BCUT2D eigenvalue weighted by Gasteiger charge is 2.23. The van der Waals surface area contributed by atoms with Gasteiger partial charge in [0.25, 0.3) is 0 Å². The zero-order chi connectivity index (χ0) is 21.6. The quantitative estimate of drug-likeness (QED) is 0.417. The molecule has 1 N–H and O–H groups in total. The molecule has 5 nitrogen and oxygen atoms in total. The van der Waals surface area contributed by atoms with Crippen LogP contribution >= 0.6 is 11.3 Å². The number of thiophene rings is 1. The van der Waals surface area contributed by atoms with Gasteiger partial charge in [0.05, 0.1) is 7.11 Å². The van der Waals surface area contributed by atoms with Crippen LogP contribution in [0.3, 0.4) is 0 Å². The molecule has 1 atom stereocenters. The van der Waals surface area contributed by atoms with Crippen LogP contribution in [0, 0.1) is 0 Å². The molecule has 2 heterocycles. The summed E-state index contributed by atoms with van der Waals surface area (Å²) in [5.74, 6) is 1.23. The number of carbonyl (C=O) groups is 1. The van der Waals surface area contributed by atoms with E-state index in [1.54, 1.807) is 30.7 Å². The lowest BCUT2D eigenvalue weighted by Crippen LogP contribution is -2.30. The second-order valence-corrected chi connectivity index (χ2v) is 8.10. The smallest absolute Gasteiger partial charge is 0.244 e. The molecule has 2 aromatic heterocycles. The highest BCUT2D eigenvalue weighted by atomic mass is 32.1. The summed E-state index contributed by atoms with van der Waals surface area (Å²) in [6.07, 6.45) is 6.98. The fourth-order valence-electron chi connectivity index (χ4n) is 3.39. The molecule has 6 heteroatoms. The molecule has 0 fully saturated rings. The predicted octanol–water partition coefficient (Wildman–Crippen LogP) is 5.08. The van der Waals surface area contributed by atoms with Gasteiger partial charge in [-0.05, 0) is 29.8 Å². The molecule has 0 radical (unpaired) electrons. The van der Waals surface area contributed by atoms with Crippen LogP contribution in [-0.2, 0) is 11.8 Å². The summed E-state index contributed by atoms with van der Waals surface area (Å²) in [5.41, 5.74) is 2.02. The normalized spacial score (nSPS) is 12.1. The lowest BCUT2D eigenvalue weighted by Gasteiger charge is -2.20. The Balaban J connectivity index is 1.54. The topological polar surface area (TPSA) is 56.1 Å². The van der Waals surface area contributed by atoms with E-state index < -0.39 is 6.04 Å². The monoisotopic (exact) mass is 429 g/mol. The molecule has 0 aliphatic carbocycles. The van der Waals surface area contributed by atoms with Crippen molar-refractivity contribution in [2.75, 3.05) is 7.11 Å². The third-order valence-corrected chi connectivity index (χ3v) is 6.04. The Hall–Kier alpha value is -3.64. The first-order valence-electron chi connectivity index (χ1n) is 9.89. The number of rotatable bonds is 7. The number of ether oxygens (including phenoxy) is 1. The van der Waals surface area contributed by atoms with Gasteiger partial charge in [0.2, 0.25) is 5.91 Å². The zero-order valence-corrected chi connectivity index (χ0v) is 18.2. The van der Waals surface area contributed by atoms with Crippen LogP contribution in [0.4, 0.5) is 0 Å². The average molecular weight is 430 g/mol. The maximum Gasteiger partial charge on any atom is 0.244 e. The summed E-state index contributed by atoms with van der Waals surface area (Å²) in [6, 6.07) is 21.5. The summed E-state index contributed by atoms with van der Waals surface area (Å²) in [5, 5.41) is 3.08. The van der Waals surface area contributed by atoms with E-state index in [0.29, 0.717) is 5.75 Å². The van der Waals surface area contributed by atoms with Crippen molar-refractivity contribution in [3.8, 4) is 16.2 Å². The van der Waals surface area contributed by atoms with Crippen molar-refractivity contribution >= 4 is 23.3 Å². The maximum absolute atomic E-state index is 12.8. The standard InChI is InChI=1S/C25H23N3O2S/c1-28-17-16-26-25(28)24(20-10-6-7-11-21(20)30-2)27-23(29)15-13-19-12-14-22(31-19)18-8-4-3-5-9-18/h3-17,24H,1-2H3,(H,27,29)/b15-13+. The molecule has 4 rings (SSSR count). The minimum Gasteiger partial charge on any atom is -0.496 e. The molecule has 31 heavy (non-hydrogen) atoms. The summed E-state index contributed by atoms with van der Waals surface area (Å²) in [6.45, 7) is 0. The molecule has 1 amide bonds. The summed E-state index contributed by atoms with van der Waals surface area (Å²) < 4.78 is 7.41. The van der Waals surface area contributed by atoms with E-state index in [2.05, 4.69) is 28.5 Å². The van der Waals surface area contributed by atoms with Gasteiger partial charge in [-0.3, -0.25) is 4.79 Å². The SMILES string of the molecule is COc1ccccc1C(NC(=O)/C=C/c1ccc(-c2ccccc2)s1)c1nccn1C. The van der Waals surface area contributed by atoms with Gasteiger partial charge in [-0.25, -0.2) is 4.98 Å². The van der Waals surface area contributed by atoms with E-state index >= 15 is 0 Å². The molecule has 0 saturated carbocycles. The number of carbonyl (C=O) groups excluding carboxylic acids is 1. The van der Waals surface area contributed by atoms with E-state index in [0.717, 1.165) is 16.3 Å². The van der Waals surface area contributed by atoms with Crippen molar-refractivity contribution in [2.24, 2.45) is 7.05 Å². The number of aryl methyl sites for hydroxylation is 1. The van der Waals surface area contributed by atoms with Gasteiger partial charge in [0.1, 0.15) is 17.6 Å². The molecule has 0 aliphatic heterocycles. The van der Waals surface area contributed by atoms with E-state index in [4.69, 9.17) is 4.74 Å². The molecular weight excluding hydrogens is 406 g/mol. The van der Waals surface area contributed by atoms with Gasteiger partial charge < -0.3 is 14.6 Å². The fourth-order valence-corrected chi connectivity index (χ4v) is 4.31. The van der Waals surface area contributed by atoms with Crippen molar-refractivity contribution in [2.45, 2.75) is 6.04 Å². The highest BCUT2D eigenvalue weighted by molar-refractivity contribution is 7.16. The summed E-state index contributed by atoms with van der Waals surface area (Å²) in [4.78, 5) is 19.4. The molecule has 1 unspecified atom stereocenters. The molecule has 4 aromatic rings. The fraction of sp³-hybridized carbons (Fsp3) is 0.120. The van der Waals surface area contributed by atoms with Gasteiger partial charge in [0.15, 0.2) is 0 Å². The number of hydrogen-bond donors (Lipinski definition) is 1. The number of methoxy groups -OCH3 is 1. The van der Waals surface area contributed by atoms with E-state index in [1.807, 2.05) is 72.4 Å². The number of hydrogen-bond acceptors (Lipinski definition) is 4. The lowest BCUT2D eigenvalue weighted by atomic mass is 10.0. The van der Waals surface area contributed by atoms with Crippen molar-refractivity contribution < 1.29 is 9.53 Å². The number of nitrogens with zero attached hydrogens (tertiary/aromatic N) is 2. The Morgan fingerprint density at radius 3 is 2.61 bits per heavy atom. The molecule has 2 aromatic carbocycles. The van der Waals surface area contributed by atoms with Crippen LogP contribution < -0.4 is 10.1 Å². The molecule has 0 saturated heterocycles. The van der Waals surface area contributed by atoms with E-state index in [-0.39, 0.29) is 5.91 Å². The average Bonchev–Trinajstić information content (AvgIpc) is 3.46. The number of aromatic nitrogens is 2. The first-order valence-corrected chi connectivity index (χ1v) is 10.7. The third kappa shape index (κ3) is 4.75. The van der Waals surface area contributed by atoms with Crippen molar-refractivity contribution in [1.82, 2.24) is 14.9 Å². The lowest BCUT2D eigenvalue weighted by molar-refractivity contribution is -0.117. The third-order valence-electron chi connectivity index (χ3n) is 4.94. The van der Waals surface area contributed by atoms with Crippen LogP contribution in [-0.4, -0.2) is 22.6 Å². The van der Waals surface area contributed by atoms with Gasteiger partial charge in [-0.2, -0.15) is 0 Å². The van der Waals surface area contributed by atoms with Crippen molar-refractivity contribution in [3.63, 3.8) is 0 Å². The Morgan fingerprint density at radius 2 is 1.87 bits per heavy atom. The summed E-state index contributed by atoms with van der Waals surface area (Å²) >= 11 is 1.65. The number of benzene rings is 2. The highest BCUT2D eigenvalue weighted by Crippen LogP contribution is 2.30. The van der Waals surface area contributed by atoms with E-state index in [1.165, 1.54) is 10.4 Å². The largest absolute Gasteiger partial charge is 0.496 e. The Morgan fingerprint density at radius 1 is 1.10 bits per heavy atom. The van der Waals surface area contributed by atoms with Gasteiger partial charge in [-0.1, -0.05) is 48.5 Å². The van der Waals surface area contributed by atoms with Crippen LogP contribution in [0.5, 0.6) is 5.75 Å². The molecule has 0 aliphatic rings. The minimum absolute atomic E-state index is 0.200. The second kappa shape index (κ2) is 9.45. The Labute approximate surface area is 185 Å². The molecule has 0 bridgehead atoms. The van der Waals surface area contributed by atoms with E-state index in [9.17, 15) is 4.79 Å². The number of amides is 1. The van der Waals surface area contributed by atoms with Gasteiger partial charge in [0, 0.05) is 40.8 Å². The van der Waals surface area contributed by atoms with Crippen LogP contribution in [0.1, 0.15) is 22.3 Å². The molecule has 156 valence electrons. The van der Waals surface area contributed by atoms with Crippen LogP contribution in [0.2, 0.25) is 0 Å². The maximum atomic E-state index is 12.8. The number of imidazole rings is 1. The minimum atomic E-state index is -0.434. The Kier molecular flexibility index (Phi) is 6.29. The predicted molar refractivity (Wildman–Crippen MR) is 125 cm³/mol. The number of nitrogens with one attached hydrogen (secondary N) is 1. The summed E-state index contributed by atoms with van der Waals surface area (Å²) in [7, 11) is 3.53. The zero-order valence-electron chi connectivity index (χ0n) is 17.4. The van der Waals surface area contributed by atoms with Crippen LogP contribution in [0.25, 0.3) is 16.5 Å². The van der Waals surface area contributed by atoms with Crippen LogP contribution in [0.15, 0.2) is 85.2 Å². The molecular formula is C25H23N3O2S. The van der Waals surface area contributed by atoms with Gasteiger partial charge in [-0.15, -0.1) is 11.3 Å². The van der Waals surface area contributed by atoms with Crippen molar-refractivity contribution in [3.05, 3.63) is 101 Å². The Bertz CT molecular complexity index is 1190. The van der Waals surface area contributed by atoms with Crippen molar-refractivity contribution in [1.29, 1.82) is 0 Å². The first kappa shape index (κ1) is 20.6. The van der Waals surface area contributed by atoms with Gasteiger partial charge >= 0.3 is 0 Å². The molecule has 0 spiro atoms.